The van der Waals surface area contributed by atoms with Gasteiger partial charge in [0.05, 0.1) is 19.7 Å². The molecule has 1 fully saturated rings. The predicted octanol–water partition coefficient (Wildman–Crippen LogP) is 0.526. The lowest BCUT2D eigenvalue weighted by molar-refractivity contribution is 0.0775. The lowest BCUT2D eigenvalue weighted by Gasteiger charge is -2.33. The van der Waals surface area contributed by atoms with Gasteiger partial charge in [-0.1, -0.05) is 5.16 Å². The number of hydrogen-bond donors (Lipinski definition) is 1. The topological polar surface area (TPSA) is 80.7 Å². The second-order valence-corrected chi connectivity index (χ2v) is 4.62. The van der Waals surface area contributed by atoms with Gasteiger partial charge in [-0.05, 0) is 6.92 Å². The molecule has 1 aromatic rings. The first-order chi connectivity index (χ1) is 9.31. The van der Waals surface area contributed by atoms with Crippen LogP contribution in [0.25, 0.3) is 0 Å². The van der Waals surface area contributed by atoms with Crippen molar-refractivity contribution in [2.75, 3.05) is 45.9 Å². The molecule has 0 amide bonds. The van der Waals surface area contributed by atoms with E-state index in [1.54, 1.807) is 0 Å². The minimum absolute atomic E-state index is 0. The molecule has 21 heavy (non-hydrogen) atoms. The molecule has 1 saturated heterocycles. The third kappa shape index (κ3) is 6.90. The summed E-state index contributed by atoms with van der Waals surface area (Å²) in [4.78, 5) is 8.98. The van der Waals surface area contributed by atoms with Crippen LogP contribution < -0.4 is 5.73 Å². The third-order valence-electron chi connectivity index (χ3n) is 3.27. The molecule has 9 heteroatoms. The lowest BCUT2D eigenvalue weighted by atomic mass is 10.3. The molecule has 1 aliphatic rings. The van der Waals surface area contributed by atoms with Gasteiger partial charge < -0.3 is 15.0 Å². The van der Waals surface area contributed by atoms with Gasteiger partial charge in [-0.3, -0.25) is 9.80 Å². The summed E-state index contributed by atoms with van der Waals surface area (Å²) in [6.07, 6.45) is 0. The van der Waals surface area contributed by atoms with Crippen LogP contribution in [0.15, 0.2) is 4.52 Å². The summed E-state index contributed by atoms with van der Waals surface area (Å²) >= 11 is 0. The predicted molar refractivity (Wildman–Crippen MR) is 84.9 cm³/mol. The molecule has 0 saturated carbocycles. The number of nitrogens with zero attached hydrogens (tertiary/aromatic N) is 4. The quantitative estimate of drug-likeness (QED) is 0.724. The number of rotatable bonds is 7. The van der Waals surface area contributed by atoms with Crippen molar-refractivity contribution in [3.05, 3.63) is 11.7 Å². The van der Waals surface area contributed by atoms with Gasteiger partial charge in [0.2, 0.25) is 5.89 Å². The van der Waals surface area contributed by atoms with Gasteiger partial charge in [0.25, 0.3) is 0 Å². The highest BCUT2D eigenvalue weighted by molar-refractivity contribution is 5.85. The Morgan fingerprint density at radius 3 is 2.43 bits per heavy atom. The van der Waals surface area contributed by atoms with E-state index in [0.29, 0.717) is 12.4 Å². The van der Waals surface area contributed by atoms with Crippen molar-refractivity contribution in [1.82, 2.24) is 19.9 Å². The van der Waals surface area contributed by atoms with E-state index in [9.17, 15) is 0 Å². The smallest absolute Gasteiger partial charge is 0.240 e. The highest BCUT2D eigenvalue weighted by Crippen LogP contribution is 2.06. The molecule has 2 heterocycles. The first-order valence-electron chi connectivity index (χ1n) is 6.85. The van der Waals surface area contributed by atoms with E-state index in [1.165, 1.54) is 0 Å². The van der Waals surface area contributed by atoms with Gasteiger partial charge in [0.15, 0.2) is 5.82 Å². The standard InChI is InChI=1S/C12H23N5O2.2ClH/c1-2-18-8-7-16-3-5-17(6-4-16)10-11-14-12(9-13)19-15-11;;/h2-10,13H2,1H3;2*1H. The fourth-order valence-corrected chi connectivity index (χ4v) is 2.15. The summed E-state index contributed by atoms with van der Waals surface area (Å²) in [5.41, 5.74) is 5.44. The Morgan fingerprint density at radius 1 is 1.19 bits per heavy atom. The Morgan fingerprint density at radius 2 is 1.86 bits per heavy atom. The average molecular weight is 342 g/mol. The van der Waals surface area contributed by atoms with Crippen LogP contribution in [0.5, 0.6) is 0 Å². The second-order valence-electron chi connectivity index (χ2n) is 4.62. The Hall–Kier alpha value is -0.440. The summed E-state index contributed by atoms with van der Waals surface area (Å²) in [6.45, 7) is 9.88. The van der Waals surface area contributed by atoms with Crippen LogP contribution in [-0.2, 0) is 17.8 Å². The molecule has 2 N–H and O–H groups in total. The normalized spacial score (nSPS) is 16.3. The van der Waals surface area contributed by atoms with Gasteiger partial charge in [-0.25, -0.2) is 0 Å². The van der Waals surface area contributed by atoms with E-state index >= 15 is 0 Å². The largest absolute Gasteiger partial charge is 0.380 e. The lowest BCUT2D eigenvalue weighted by Crippen LogP contribution is -2.46. The fourth-order valence-electron chi connectivity index (χ4n) is 2.15. The Balaban J connectivity index is 0.00000200. The minimum atomic E-state index is 0. The molecule has 0 bridgehead atoms. The molecule has 2 rings (SSSR count). The van der Waals surface area contributed by atoms with Gasteiger partial charge in [0, 0.05) is 39.3 Å². The summed E-state index contributed by atoms with van der Waals surface area (Å²) in [5.74, 6) is 1.23. The Bertz CT molecular complexity index is 372. The first-order valence-corrected chi connectivity index (χ1v) is 6.85. The van der Waals surface area contributed by atoms with Crippen LogP contribution in [0.2, 0.25) is 0 Å². The number of ether oxygens (including phenoxy) is 1. The van der Waals surface area contributed by atoms with Crippen molar-refractivity contribution in [3.63, 3.8) is 0 Å². The van der Waals surface area contributed by atoms with Crippen LogP contribution in [0.4, 0.5) is 0 Å². The van der Waals surface area contributed by atoms with Crippen molar-refractivity contribution in [3.8, 4) is 0 Å². The van der Waals surface area contributed by atoms with Crippen molar-refractivity contribution in [2.24, 2.45) is 5.73 Å². The van der Waals surface area contributed by atoms with E-state index < -0.39 is 0 Å². The molecule has 0 radical (unpaired) electrons. The number of piperazine rings is 1. The van der Waals surface area contributed by atoms with E-state index in [0.717, 1.165) is 58.3 Å². The van der Waals surface area contributed by atoms with Crippen molar-refractivity contribution >= 4 is 24.8 Å². The van der Waals surface area contributed by atoms with Gasteiger partial charge in [-0.2, -0.15) is 4.98 Å². The molecule has 1 aliphatic heterocycles. The van der Waals surface area contributed by atoms with Crippen LogP contribution >= 0.6 is 24.8 Å². The first kappa shape index (κ1) is 20.6. The van der Waals surface area contributed by atoms with E-state index in [4.69, 9.17) is 15.0 Å². The summed E-state index contributed by atoms with van der Waals surface area (Å²) < 4.78 is 10.4. The molecule has 0 aromatic carbocycles. The van der Waals surface area contributed by atoms with Gasteiger partial charge in [-0.15, -0.1) is 24.8 Å². The zero-order valence-corrected chi connectivity index (χ0v) is 14.0. The molecular formula is C12H25Cl2N5O2. The Kier molecular flexibility index (Phi) is 10.9. The second kappa shape index (κ2) is 11.2. The van der Waals surface area contributed by atoms with E-state index in [1.807, 2.05) is 6.92 Å². The third-order valence-corrected chi connectivity index (χ3v) is 3.27. The van der Waals surface area contributed by atoms with E-state index in [-0.39, 0.29) is 24.8 Å². The summed E-state index contributed by atoms with van der Waals surface area (Å²) in [7, 11) is 0. The van der Waals surface area contributed by atoms with E-state index in [2.05, 4.69) is 19.9 Å². The zero-order chi connectivity index (χ0) is 13.5. The SMILES string of the molecule is CCOCCN1CCN(Cc2noc(CN)n2)CC1.Cl.Cl. The minimum Gasteiger partial charge on any atom is -0.380 e. The molecule has 0 spiro atoms. The maximum absolute atomic E-state index is 5.44. The van der Waals surface area contributed by atoms with Crippen molar-refractivity contribution in [2.45, 2.75) is 20.0 Å². The highest BCUT2D eigenvalue weighted by atomic mass is 35.5. The van der Waals surface area contributed by atoms with Gasteiger partial charge in [0.1, 0.15) is 0 Å². The van der Waals surface area contributed by atoms with Crippen LogP contribution in [-0.4, -0.2) is 65.9 Å². The maximum Gasteiger partial charge on any atom is 0.240 e. The van der Waals surface area contributed by atoms with Crippen LogP contribution in [0.1, 0.15) is 18.6 Å². The number of halogens is 2. The summed E-state index contributed by atoms with van der Waals surface area (Å²) in [6, 6.07) is 0. The average Bonchev–Trinajstić information content (AvgIpc) is 2.89. The monoisotopic (exact) mass is 341 g/mol. The summed E-state index contributed by atoms with van der Waals surface area (Å²) in [5, 5.41) is 3.92. The van der Waals surface area contributed by atoms with Gasteiger partial charge >= 0.3 is 0 Å². The number of aromatic nitrogens is 2. The number of hydrogen-bond acceptors (Lipinski definition) is 7. The Labute approximate surface area is 138 Å². The molecule has 124 valence electrons. The molecule has 0 unspecified atom stereocenters. The molecule has 7 nitrogen and oxygen atoms in total. The van der Waals surface area contributed by atoms with Crippen molar-refractivity contribution in [1.29, 1.82) is 0 Å². The maximum atomic E-state index is 5.44. The molecule has 0 aliphatic carbocycles. The zero-order valence-electron chi connectivity index (χ0n) is 12.4. The molecule has 1 aromatic heterocycles. The van der Waals surface area contributed by atoms with Crippen LogP contribution in [0, 0.1) is 0 Å². The highest BCUT2D eigenvalue weighted by Gasteiger charge is 2.18. The van der Waals surface area contributed by atoms with Crippen LogP contribution in [0.3, 0.4) is 0 Å². The number of nitrogens with two attached hydrogens (primary N) is 1. The fraction of sp³-hybridized carbons (Fsp3) is 0.833. The molecule has 0 atom stereocenters. The molecular weight excluding hydrogens is 317 g/mol. The van der Waals surface area contributed by atoms with Crippen molar-refractivity contribution < 1.29 is 9.26 Å².